The van der Waals surface area contributed by atoms with Crippen molar-refractivity contribution in [2.24, 2.45) is 0 Å². The van der Waals surface area contributed by atoms with E-state index in [1.165, 1.54) is 5.56 Å². The largest absolute Gasteiger partial charge is 0.484 e. The van der Waals surface area contributed by atoms with Gasteiger partial charge in [0, 0.05) is 17.1 Å². The van der Waals surface area contributed by atoms with Crippen LogP contribution in [0.2, 0.25) is 0 Å². The van der Waals surface area contributed by atoms with E-state index in [4.69, 9.17) is 4.74 Å². The summed E-state index contributed by atoms with van der Waals surface area (Å²) in [6, 6.07) is 14.9. The fourth-order valence-electron chi connectivity index (χ4n) is 2.93. The van der Waals surface area contributed by atoms with E-state index in [0.29, 0.717) is 12.3 Å². The van der Waals surface area contributed by atoms with Crippen LogP contribution in [0.15, 0.2) is 53.0 Å². The van der Waals surface area contributed by atoms with Gasteiger partial charge in [-0.1, -0.05) is 54.0 Å². The van der Waals surface area contributed by atoms with Crippen LogP contribution in [0.5, 0.6) is 5.75 Å². The Hall–Kier alpha value is -2.34. The lowest BCUT2D eigenvalue weighted by atomic mass is 10.1. The Labute approximate surface area is 187 Å². The molecular formula is C24H31BrN2O3. The quantitative estimate of drug-likeness (QED) is 0.541. The van der Waals surface area contributed by atoms with E-state index >= 15 is 0 Å². The molecule has 1 N–H and O–H groups in total. The van der Waals surface area contributed by atoms with E-state index in [2.05, 4.69) is 28.2 Å². The average molecular weight is 475 g/mol. The van der Waals surface area contributed by atoms with E-state index in [1.54, 1.807) is 11.8 Å². The molecule has 0 fully saturated rings. The fraction of sp³-hybridized carbons (Fsp3) is 0.417. The van der Waals surface area contributed by atoms with E-state index < -0.39 is 6.04 Å². The van der Waals surface area contributed by atoms with E-state index in [-0.39, 0.29) is 24.5 Å². The van der Waals surface area contributed by atoms with Gasteiger partial charge >= 0.3 is 0 Å². The average Bonchev–Trinajstić information content (AvgIpc) is 2.75. The Kier molecular flexibility index (Phi) is 9.37. The third-order valence-electron chi connectivity index (χ3n) is 5.10. The molecule has 0 aliphatic heterocycles. The number of aryl methyl sites for hydroxylation is 1. The summed E-state index contributed by atoms with van der Waals surface area (Å²) in [7, 11) is 0. The van der Waals surface area contributed by atoms with Crippen molar-refractivity contribution in [2.75, 3.05) is 6.61 Å². The van der Waals surface area contributed by atoms with Crippen LogP contribution in [0.1, 0.15) is 45.2 Å². The highest BCUT2D eigenvalue weighted by atomic mass is 79.9. The molecule has 0 aliphatic carbocycles. The van der Waals surface area contributed by atoms with Gasteiger partial charge < -0.3 is 15.0 Å². The van der Waals surface area contributed by atoms with Crippen LogP contribution in [-0.4, -0.2) is 35.4 Å². The minimum absolute atomic E-state index is 0.0519. The summed E-state index contributed by atoms with van der Waals surface area (Å²) in [5, 5.41) is 2.97. The van der Waals surface area contributed by atoms with Gasteiger partial charge in [0.05, 0.1) is 0 Å². The number of ether oxygens (including phenoxy) is 1. The second-order valence-corrected chi connectivity index (χ2v) is 8.35. The van der Waals surface area contributed by atoms with Crippen molar-refractivity contribution in [2.45, 2.75) is 59.2 Å². The van der Waals surface area contributed by atoms with Crippen molar-refractivity contribution in [3.05, 3.63) is 64.1 Å². The molecule has 30 heavy (non-hydrogen) atoms. The van der Waals surface area contributed by atoms with Gasteiger partial charge in [0.1, 0.15) is 11.8 Å². The molecule has 0 unspecified atom stereocenters. The zero-order chi connectivity index (χ0) is 22.1. The van der Waals surface area contributed by atoms with Gasteiger partial charge in [-0.25, -0.2) is 0 Å². The van der Waals surface area contributed by atoms with Gasteiger partial charge in [-0.05, 0) is 62.1 Å². The van der Waals surface area contributed by atoms with Crippen LogP contribution < -0.4 is 10.1 Å². The first-order valence-corrected chi connectivity index (χ1v) is 11.2. The lowest BCUT2D eigenvalue weighted by molar-refractivity contribution is -0.142. The predicted molar refractivity (Wildman–Crippen MR) is 123 cm³/mol. The third kappa shape index (κ3) is 7.17. The number of halogens is 1. The molecule has 0 radical (unpaired) electrons. The fourth-order valence-corrected chi connectivity index (χ4v) is 3.38. The number of benzene rings is 2. The maximum absolute atomic E-state index is 13.0. The van der Waals surface area contributed by atoms with Gasteiger partial charge in [0.25, 0.3) is 5.91 Å². The highest BCUT2D eigenvalue weighted by Gasteiger charge is 2.27. The van der Waals surface area contributed by atoms with Gasteiger partial charge in [-0.15, -0.1) is 0 Å². The number of hydrogen-bond donors (Lipinski definition) is 1. The van der Waals surface area contributed by atoms with Crippen molar-refractivity contribution in [3.63, 3.8) is 0 Å². The molecule has 0 aromatic heterocycles. The lowest BCUT2D eigenvalue weighted by Crippen LogP contribution is -2.50. The molecule has 0 spiro atoms. The van der Waals surface area contributed by atoms with E-state index in [9.17, 15) is 9.59 Å². The van der Waals surface area contributed by atoms with Crippen LogP contribution >= 0.6 is 15.9 Å². The monoisotopic (exact) mass is 474 g/mol. The summed E-state index contributed by atoms with van der Waals surface area (Å²) in [4.78, 5) is 27.3. The molecular weight excluding hydrogens is 444 g/mol. The molecule has 5 nitrogen and oxygen atoms in total. The van der Waals surface area contributed by atoms with Crippen LogP contribution in [0, 0.1) is 0 Å². The van der Waals surface area contributed by atoms with Gasteiger partial charge in [0.2, 0.25) is 5.91 Å². The Balaban J connectivity index is 2.13. The Morgan fingerprint density at radius 1 is 1.07 bits per heavy atom. The summed E-state index contributed by atoms with van der Waals surface area (Å²) < 4.78 is 6.64. The second-order valence-electron chi connectivity index (χ2n) is 7.43. The summed E-state index contributed by atoms with van der Waals surface area (Å²) >= 11 is 3.46. The molecule has 0 aliphatic rings. The number of nitrogens with one attached hydrogen (secondary N) is 1. The Bertz CT molecular complexity index is 839. The maximum Gasteiger partial charge on any atom is 0.261 e. The molecule has 2 rings (SSSR count). The van der Waals surface area contributed by atoms with Crippen molar-refractivity contribution < 1.29 is 14.3 Å². The number of rotatable bonds is 10. The standard InChI is InChI=1S/C24H31BrN2O3/c1-5-17(3)26-24(29)18(4)27(15-20-8-7-9-21(25)14-20)23(28)16-30-22-12-10-19(6-2)11-13-22/h7-14,17-18H,5-6,15-16H2,1-4H3,(H,26,29)/t17-,18-/m1/s1. The van der Waals surface area contributed by atoms with Crippen LogP contribution in [0.3, 0.4) is 0 Å². The molecule has 162 valence electrons. The van der Waals surface area contributed by atoms with Crippen LogP contribution in [0.4, 0.5) is 0 Å². The van der Waals surface area contributed by atoms with E-state index in [1.807, 2.05) is 62.4 Å². The number of nitrogens with zero attached hydrogens (tertiary/aromatic N) is 1. The third-order valence-corrected chi connectivity index (χ3v) is 5.60. The second kappa shape index (κ2) is 11.7. The first-order valence-electron chi connectivity index (χ1n) is 10.4. The summed E-state index contributed by atoms with van der Waals surface area (Å²) in [5.74, 6) is 0.237. The summed E-state index contributed by atoms with van der Waals surface area (Å²) in [6.07, 6.45) is 1.78. The van der Waals surface area contributed by atoms with Gasteiger partial charge in [-0.2, -0.15) is 0 Å². The lowest BCUT2D eigenvalue weighted by Gasteiger charge is -2.29. The highest BCUT2D eigenvalue weighted by Crippen LogP contribution is 2.17. The van der Waals surface area contributed by atoms with Crippen molar-refractivity contribution in [1.29, 1.82) is 0 Å². The zero-order valence-electron chi connectivity index (χ0n) is 18.2. The number of hydrogen-bond acceptors (Lipinski definition) is 3. The number of amides is 2. The first-order chi connectivity index (χ1) is 14.3. The van der Waals surface area contributed by atoms with Gasteiger partial charge in [-0.3, -0.25) is 9.59 Å². The molecule has 2 aromatic carbocycles. The Morgan fingerprint density at radius 2 is 1.77 bits per heavy atom. The molecule has 2 atom stereocenters. The normalized spacial score (nSPS) is 12.7. The molecule has 6 heteroatoms. The topological polar surface area (TPSA) is 58.6 Å². The number of carbonyl (C=O) groups excluding carboxylic acids is 2. The SMILES string of the molecule is CCc1ccc(OCC(=O)N(Cc2cccc(Br)c2)[C@H](C)C(=O)N[C@H](C)CC)cc1. The van der Waals surface area contributed by atoms with Crippen LogP contribution in [0.25, 0.3) is 0 Å². The number of carbonyl (C=O) groups is 2. The Morgan fingerprint density at radius 3 is 2.37 bits per heavy atom. The minimum Gasteiger partial charge on any atom is -0.484 e. The predicted octanol–water partition coefficient (Wildman–Crippen LogP) is 4.72. The molecule has 2 amide bonds. The smallest absolute Gasteiger partial charge is 0.261 e. The first kappa shape index (κ1) is 23.9. The van der Waals surface area contributed by atoms with Crippen molar-refractivity contribution in [3.8, 4) is 5.75 Å². The molecule has 0 bridgehead atoms. The van der Waals surface area contributed by atoms with E-state index in [0.717, 1.165) is 22.9 Å². The highest BCUT2D eigenvalue weighted by molar-refractivity contribution is 9.10. The zero-order valence-corrected chi connectivity index (χ0v) is 19.7. The minimum atomic E-state index is -0.614. The molecule has 0 saturated heterocycles. The molecule has 0 saturated carbocycles. The molecule has 2 aromatic rings. The van der Waals surface area contributed by atoms with Crippen molar-refractivity contribution in [1.82, 2.24) is 10.2 Å². The maximum atomic E-state index is 13.0. The summed E-state index contributed by atoms with van der Waals surface area (Å²) in [5.41, 5.74) is 2.15. The summed E-state index contributed by atoms with van der Waals surface area (Å²) in [6.45, 7) is 8.01. The van der Waals surface area contributed by atoms with Crippen LogP contribution in [-0.2, 0) is 22.6 Å². The van der Waals surface area contributed by atoms with Gasteiger partial charge in [0.15, 0.2) is 6.61 Å². The van der Waals surface area contributed by atoms with Crippen molar-refractivity contribution >= 4 is 27.7 Å². The molecule has 0 heterocycles.